The molecule has 7 N–H and O–H groups in total. The molecule has 14 heteroatoms. The number of nitrogens with zero attached hydrogens (tertiary/aromatic N) is 2. The van der Waals surface area contributed by atoms with Crippen LogP contribution in [-0.2, 0) is 32.1 Å². The average Bonchev–Trinajstić information content (AvgIpc) is 3.72. The lowest BCUT2D eigenvalue weighted by Crippen LogP contribution is -2.59. The van der Waals surface area contributed by atoms with Crippen molar-refractivity contribution in [1.29, 1.82) is 0 Å². The summed E-state index contributed by atoms with van der Waals surface area (Å²) in [5.74, 6) is -3.07. The molecule has 57 heavy (non-hydrogen) atoms. The third-order valence-corrected chi connectivity index (χ3v) is 9.99. The predicted molar refractivity (Wildman–Crippen MR) is 217 cm³/mol. The number of H-pyrrole nitrogens is 1. The Kier molecular flexibility index (Phi) is 17.0. The Labute approximate surface area is 335 Å². The molecule has 0 aliphatic carbocycles. The van der Waals surface area contributed by atoms with Gasteiger partial charge in [-0.15, -0.1) is 0 Å². The highest BCUT2D eigenvalue weighted by molar-refractivity contribution is 5.91. The van der Waals surface area contributed by atoms with Crippen LogP contribution in [0.5, 0.6) is 5.75 Å². The lowest BCUT2D eigenvalue weighted by Gasteiger charge is -2.35. The number of imidazole rings is 1. The first kappa shape index (κ1) is 44.4. The largest absolute Gasteiger partial charge is 0.483 e. The second-order valence-corrected chi connectivity index (χ2v) is 15.5. The van der Waals surface area contributed by atoms with Crippen molar-refractivity contribution in [3.05, 3.63) is 90.8 Å². The fourth-order valence-electron chi connectivity index (χ4n) is 6.74. The molecule has 0 saturated heterocycles. The summed E-state index contributed by atoms with van der Waals surface area (Å²) in [4.78, 5) is 66.0. The van der Waals surface area contributed by atoms with Crippen molar-refractivity contribution < 1.29 is 34.1 Å². The number of aliphatic hydroxyl groups excluding tert-OH is 2. The molecular formula is C43H59N7O7. The van der Waals surface area contributed by atoms with E-state index >= 15 is 0 Å². The maximum Gasteiger partial charge on any atom is 0.258 e. The van der Waals surface area contributed by atoms with Gasteiger partial charge in [0, 0.05) is 29.9 Å². The second kappa shape index (κ2) is 21.8. The van der Waals surface area contributed by atoms with E-state index in [0.29, 0.717) is 23.6 Å². The molecule has 4 rings (SSSR count). The van der Waals surface area contributed by atoms with Crippen LogP contribution in [-0.4, -0.2) is 85.7 Å². The molecule has 0 radical (unpaired) electrons. The average molecular weight is 786 g/mol. The quantitative estimate of drug-likeness (QED) is 0.0617. The van der Waals surface area contributed by atoms with Gasteiger partial charge in [0.1, 0.15) is 23.9 Å². The molecular weight excluding hydrogens is 727 g/mol. The minimum atomic E-state index is -1.61. The molecule has 0 saturated carbocycles. The number of pyridine rings is 1. The second-order valence-electron chi connectivity index (χ2n) is 15.5. The number of aromatic nitrogens is 3. The number of aliphatic hydroxyl groups is 2. The van der Waals surface area contributed by atoms with Crippen LogP contribution in [0.1, 0.15) is 72.2 Å². The van der Waals surface area contributed by atoms with Crippen molar-refractivity contribution in [1.82, 2.24) is 36.2 Å². The molecule has 2 heterocycles. The zero-order chi connectivity index (χ0) is 41.5. The molecule has 0 bridgehead atoms. The lowest BCUT2D eigenvalue weighted by molar-refractivity contribution is -0.139. The van der Waals surface area contributed by atoms with E-state index in [9.17, 15) is 29.4 Å². The van der Waals surface area contributed by atoms with Gasteiger partial charge in [-0.25, -0.2) is 4.98 Å². The van der Waals surface area contributed by atoms with Gasteiger partial charge in [-0.1, -0.05) is 90.4 Å². The maximum atomic E-state index is 14.0. The molecule has 14 nitrogen and oxygen atoms in total. The number of rotatable bonds is 22. The van der Waals surface area contributed by atoms with Gasteiger partial charge in [0.15, 0.2) is 6.61 Å². The fraction of sp³-hybridized carbons (Fsp3) is 0.488. The van der Waals surface area contributed by atoms with Crippen LogP contribution in [0.15, 0.2) is 79.4 Å². The predicted octanol–water partition coefficient (Wildman–Crippen LogP) is 3.83. The number of hydrogen-bond acceptors (Lipinski definition) is 9. The van der Waals surface area contributed by atoms with Crippen molar-refractivity contribution in [2.75, 3.05) is 6.61 Å². The van der Waals surface area contributed by atoms with Crippen LogP contribution in [0.2, 0.25) is 0 Å². The number of hydrogen-bond donors (Lipinski definition) is 7. The molecule has 4 aromatic rings. The van der Waals surface area contributed by atoms with Gasteiger partial charge in [0.2, 0.25) is 17.7 Å². The molecule has 0 aliphatic heterocycles. The van der Waals surface area contributed by atoms with Gasteiger partial charge in [-0.2, -0.15) is 0 Å². The molecule has 0 fully saturated rings. The lowest BCUT2D eigenvalue weighted by atomic mass is 9.84. The first-order chi connectivity index (χ1) is 27.3. The molecule has 2 aromatic heterocycles. The van der Waals surface area contributed by atoms with Crippen LogP contribution in [0.25, 0.3) is 10.8 Å². The van der Waals surface area contributed by atoms with Crippen LogP contribution in [0.4, 0.5) is 0 Å². The Bertz CT molecular complexity index is 1870. The van der Waals surface area contributed by atoms with Crippen LogP contribution >= 0.6 is 0 Å². The zero-order valence-corrected chi connectivity index (χ0v) is 33.8. The summed E-state index contributed by atoms with van der Waals surface area (Å²) >= 11 is 0. The van der Waals surface area contributed by atoms with Crippen molar-refractivity contribution in [2.24, 2.45) is 23.7 Å². The Morgan fingerprint density at radius 2 is 1.53 bits per heavy atom. The molecule has 2 aromatic carbocycles. The monoisotopic (exact) mass is 785 g/mol. The Morgan fingerprint density at radius 3 is 2.19 bits per heavy atom. The van der Waals surface area contributed by atoms with Crippen molar-refractivity contribution in [3.8, 4) is 5.75 Å². The highest BCUT2D eigenvalue weighted by atomic mass is 16.5. The number of amides is 4. The third kappa shape index (κ3) is 13.4. The minimum absolute atomic E-state index is 0.0400. The molecule has 0 spiro atoms. The zero-order valence-electron chi connectivity index (χ0n) is 33.8. The number of carbonyl (C=O) groups excluding carboxylic acids is 4. The van der Waals surface area contributed by atoms with Crippen LogP contribution in [0, 0.1) is 23.7 Å². The van der Waals surface area contributed by atoms with Crippen LogP contribution < -0.4 is 26.0 Å². The third-order valence-electron chi connectivity index (χ3n) is 9.99. The summed E-state index contributed by atoms with van der Waals surface area (Å²) in [6.45, 7) is 11.2. The Balaban J connectivity index is 1.49. The van der Waals surface area contributed by atoms with Gasteiger partial charge >= 0.3 is 0 Å². The van der Waals surface area contributed by atoms with Crippen LogP contribution in [0.3, 0.4) is 0 Å². The van der Waals surface area contributed by atoms with Gasteiger partial charge in [-0.05, 0) is 54.2 Å². The number of benzene rings is 2. The molecule has 308 valence electrons. The molecule has 3 unspecified atom stereocenters. The Hall–Kier alpha value is -5.34. The first-order valence-corrected chi connectivity index (χ1v) is 19.8. The molecule has 4 amide bonds. The van der Waals surface area contributed by atoms with Crippen molar-refractivity contribution in [3.63, 3.8) is 0 Å². The number of aromatic amines is 1. The van der Waals surface area contributed by atoms with Crippen molar-refractivity contribution in [2.45, 2.75) is 104 Å². The maximum absolute atomic E-state index is 14.0. The minimum Gasteiger partial charge on any atom is -0.483 e. The Morgan fingerprint density at radius 1 is 0.807 bits per heavy atom. The highest BCUT2D eigenvalue weighted by Crippen LogP contribution is 2.26. The number of nitrogens with one attached hydrogen (secondary N) is 5. The van der Waals surface area contributed by atoms with Gasteiger partial charge in [0.25, 0.3) is 5.91 Å². The summed E-state index contributed by atoms with van der Waals surface area (Å²) in [7, 11) is 0. The molecule has 7 atom stereocenters. The number of fused-ring (bicyclic) bond motifs is 1. The normalized spacial score (nSPS) is 15.2. The van der Waals surface area contributed by atoms with E-state index in [1.54, 1.807) is 30.6 Å². The van der Waals surface area contributed by atoms with E-state index in [2.05, 4.69) is 36.2 Å². The summed E-state index contributed by atoms with van der Waals surface area (Å²) in [6.07, 6.45) is 2.55. The van der Waals surface area contributed by atoms with E-state index in [1.807, 2.05) is 84.0 Å². The van der Waals surface area contributed by atoms with E-state index in [0.717, 1.165) is 10.8 Å². The summed E-state index contributed by atoms with van der Waals surface area (Å²) in [5, 5.41) is 36.7. The first-order valence-electron chi connectivity index (χ1n) is 19.8. The standard InChI is InChI=1S/C43H59N7O7/c1-7-28(6)38(43(56)46-23-30-15-10-11-18-45-30)50-41(54)33(19-26(2)3)39(52)40(53)34(20-27(4)5)49-42(55)35(21-31-22-44-25-47-31)48-37(51)24-57-36-17-12-14-29-13-8-9-16-32(29)36/h8-18,22,25-28,33-35,38-40,52-53H,7,19-21,23-24H2,1-6H3,(H,44,47)(H,46,56)(H,48,51)(H,49,55)(H,50,54)/t28-,33+,34+,35?,38+,39?,40?/m1/s1. The topological polar surface area (TPSA) is 208 Å². The van der Waals surface area contributed by atoms with E-state index in [-0.39, 0.29) is 56.1 Å². The highest BCUT2D eigenvalue weighted by Gasteiger charge is 2.40. The number of carbonyl (C=O) groups is 4. The van der Waals surface area contributed by atoms with Crippen molar-refractivity contribution >= 4 is 34.4 Å². The molecule has 0 aliphatic rings. The van der Waals surface area contributed by atoms with Gasteiger partial charge in [0.05, 0.1) is 36.6 Å². The van der Waals surface area contributed by atoms with E-state index in [4.69, 9.17) is 4.74 Å². The fourth-order valence-corrected chi connectivity index (χ4v) is 6.74. The SMILES string of the molecule is CC[C@@H](C)[C@H](NC(=O)[C@@H](CC(C)C)C(O)C(O)[C@H](CC(C)C)NC(=O)C(Cc1cnc[nH]1)NC(=O)COc1cccc2ccccc12)C(=O)NCc1ccccn1. The van der Waals surface area contributed by atoms with E-state index < -0.39 is 54.0 Å². The van der Waals surface area contributed by atoms with E-state index in [1.165, 1.54) is 6.33 Å². The summed E-state index contributed by atoms with van der Waals surface area (Å²) in [6, 6.07) is 15.5. The number of ether oxygens (including phenoxy) is 1. The van der Waals surface area contributed by atoms with Gasteiger partial charge < -0.3 is 41.2 Å². The van der Waals surface area contributed by atoms with Gasteiger partial charge in [-0.3, -0.25) is 24.2 Å². The smallest absolute Gasteiger partial charge is 0.258 e. The summed E-state index contributed by atoms with van der Waals surface area (Å²) < 4.78 is 5.88. The summed E-state index contributed by atoms with van der Waals surface area (Å²) in [5.41, 5.74) is 1.25.